The van der Waals surface area contributed by atoms with E-state index in [1.165, 1.54) is 5.56 Å². The van der Waals surface area contributed by atoms with Crippen molar-refractivity contribution in [2.24, 2.45) is 0 Å². The summed E-state index contributed by atoms with van der Waals surface area (Å²) in [4.78, 5) is 9.01. The van der Waals surface area contributed by atoms with Crippen LogP contribution in [0.2, 0.25) is 0 Å². The zero-order valence-electron chi connectivity index (χ0n) is 16.7. The second-order valence-corrected chi connectivity index (χ2v) is 8.25. The van der Waals surface area contributed by atoms with E-state index >= 15 is 0 Å². The quantitative estimate of drug-likeness (QED) is 0.391. The largest absolute Gasteiger partial charge is 0.363 e. The van der Waals surface area contributed by atoms with Crippen molar-refractivity contribution in [1.82, 2.24) is 20.5 Å². The number of benzene rings is 1. The first kappa shape index (κ1) is 22.6. The maximum absolute atomic E-state index is 5.36. The van der Waals surface area contributed by atoms with Crippen LogP contribution >= 0.6 is 28.1 Å². The first-order chi connectivity index (χ1) is 13.5. The van der Waals surface area contributed by atoms with E-state index in [0.717, 1.165) is 61.0 Å². The Morgan fingerprint density at radius 2 is 1.68 bits per heavy atom. The first-order valence-corrected chi connectivity index (χ1v) is 10.8. The summed E-state index contributed by atoms with van der Waals surface area (Å²) in [6, 6.07) is 14.5. The summed E-state index contributed by atoms with van der Waals surface area (Å²) in [7, 11) is 4.16. The van der Waals surface area contributed by atoms with Crippen LogP contribution < -0.4 is 15.5 Å². The van der Waals surface area contributed by atoms with Crippen LogP contribution in [0.25, 0.3) is 0 Å². The summed E-state index contributed by atoms with van der Waals surface area (Å²) < 4.78 is 1.09. The number of thiocarbonyl (C=S) groups is 1. The van der Waals surface area contributed by atoms with Crippen molar-refractivity contribution < 1.29 is 0 Å². The standard InChI is InChI=1S/C21H30BrN5S/c1-26(2)15-5-13-24-21(28)25-14-6-16-27(20-7-3-4-12-23-20)17-18-8-10-19(22)11-9-18/h3-4,7-12H,5-6,13-17H2,1-2H3,(H2,24,25,28). The average Bonchev–Trinajstić information content (AvgIpc) is 2.69. The predicted molar refractivity (Wildman–Crippen MR) is 126 cm³/mol. The molecule has 0 aliphatic carbocycles. The van der Waals surface area contributed by atoms with Crippen molar-refractivity contribution in [3.8, 4) is 0 Å². The highest BCUT2D eigenvalue weighted by molar-refractivity contribution is 9.10. The van der Waals surface area contributed by atoms with Crippen LogP contribution in [0.4, 0.5) is 5.82 Å². The molecule has 152 valence electrons. The fourth-order valence-corrected chi connectivity index (χ4v) is 3.23. The Bertz CT molecular complexity index is 694. The summed E-state index contributed by atoms with van der Waals surface area (Å²) in [6.45, 7) is 4.53. The normalized spacial score (nSPS) is 10.7. The van der Waals surface area contributed by atoms with Gasteiger partial charge in [-0.05, 0) is 75.5 Å². The van der Waals surface area contributed by atoms with Crippen LogP contribution in [0, 0.1) is 0 Å². The summed E-state index contributed by atoms with van der Waals surface area (Å²) in [5.41, 5.74) is 1.26. The van der Waals surface area contributed by atoms with Crippen molar-refractivity contribution in [2.45, 2.75) is 19.4 Å². The van der Waals surface area contributed by atoms with E-state index in [1.54, 1.807) is 0 Å². The molecule has 1 aromatic heterocycles. The van der Waals surface area contributed by atoms with Gasteiger partial charge in [-0.1, -0.05) is 34.1 Å². The maximum atomic E-state index is 5.36. The summed E-state index contributed by atoms with van der Waals surface area (Å²) in [5.74, 6) is 0.995. The predicted octanol–water partition coefficient (Wildman–Crippen LogP) is 3.66. The minimum atomic E-state index is 0.732. The lowest BCUT2D eigenvalue weighted by atomic mass is 10.2. The van der Waals surface area contributed by atoms with Gasteiger partial charge in [0.2, 0.25) is 0 Å². The molecule has 0 atom stereocenters. The molecular formula is C21H30BrN5S. The van der Waals surface area contributed by atoms with Crippen molar-refractivity contribution in [3.05, 3.63) is 58.7 Å². The molecule has 2 rings (SSSR count). The topological polar surface area (TPSA) is 43.4 Å². The minimum Gasteiger partial charge on any atom is -0.363 e. The van der Waals surface area contributed by atoms with Crippen LogP contribution in [0.1, 0.15) is 18.4 Å². The zero-order chi connectivity index (χ0) is 20.2. The third-order valence-corrected chi connectivity index (χ3v) is 5.04. The van der Waals surface area contributed by atoms with Crippen LogP contribution in [0.3, 0.4) is 0 Å². The lowest BCUT2D eigenvalue weighted by molar-refractivity contribution is 0.400. The van der Waals surface area contributed by atoms with E-state index < -0.39 is 0 Å². The van der Waals surface area contributed by atoms with Gasteiger partial charge in [0, 0.05) is 36.8 Å². The van der Waals surface area contributed by atoms with E-state index in [2.05, 4.69) is 85.8 Å². The Labute approximate surface area is 182 Å². The number of aromatic nitrogens is 1. The van der Waals surface area contributed by atoms with Crippen LogP contribution in [-0.2, 0) is 6.54 Å². The van der Waals surface area contributed by atoms with E-state index in [0.29, 0.717) is 0 Å². The Morgan fingerprint density at radius 3 is 2.29 bits per heavy atom. The van der Waals surface area contributed by atoms with Crippen molar-refractivity contribution >= 4 is 39.1 Å². The Morgan fingerprint density at radius 1 is 1.00 bits per heavy atom. The van der Waals surface area contributed by atoms with Gasteiger partial charge < -0.3 is 20.4 Å². The van der Waals surface area contributed by atoms with E-state index in [-0.39, 0.29) is 0 Å². The van der Waals surface area contributed by atoms with Crippen LogP contribution in [0.15, 0.2) is 53.1 Å². The zero-order valence-corrected chi connectivity index (χ0v) is 19.1. The number of hydrogen-bond donors (Lipinski definition) is 2. The highest BCUT2D eigenvalue weighted by Crippen LogP contribution is 2.16. The Balaban J connectivity index is 1.78. The lowest BCUT2D eigenvalue weighted by Crippen LogP contribution is -2.38. The number of nitrogens with one attached hydrogen (secondary N) is 2. The first-order valence-electron chi connectivity index (χ1n) is 9.61. The summed E-state index contributed by atoms with van der Waals surface area (Å²) in [5, 5.41) is 7.30. The van der Waals surface area contributed by atoms with Gasteiger partial charge in [-0.25, -0.2) is 4.98 Å². The molecule has 0 aliphatic heterocycles. The molecule has 2 N–H and O–H groups in total. The summed E-state index contributed by atoms with van der Waals surface area (Å²) >= 11 is 8.85. The van der Waals surface area contributed by atoms with E-state index in [4.69, 9.17) is 12.2 Å². The maximum Gasteiger partial charge on any atom is 0.166 e. The number of hydrogen-bond acceptors (Lipinski definition) is 4. The number of anilines is 1. The molecule has 0 bridgehead atoms. The molecule has 1 heterocycles. The molecule has 0 radical (unpaired) electrons. The lowest BCUT2D eigenvalue weighted by Gasteiger charge is -2.24. The van der Waals surface area contributed by atoms with E-state index in [9.17, 15) is 0 Å². The van der Waals surface area contributed by atoms with Gasteiger partial charge in [-0.15, -0.1) is 0 Å². The molecule has 0 spiro atoms. The summed E-state index contributed by atoms with van der Waals surface area (Å²) in [6.07, 6.45) is 3.90. The number of nitrogens with zero attached hydrogens (tertiary/aromatic N) is 3. The molecule has 0 unspecified atom stereocenters. The molecule has 0 saturated carbocycles. The Hall–Kier alpha value is -1.70. The molecule has 0 fully saturated rings. The third kappa shape index (κ3) is 8.99. The second-order valence-electron chi connectivity index (χ2n) is 6.93. The molecule has 28 heavy (non-hydrogen) atoms. The average molecular weight is 464 g/mol. The van der Waals surface area contributed by atoms with Gasteiger partial charge in [0.05, 0.1) is 0 Å². The van der Waals surface area contributed by atoms with E-state index in [1.807, 2.05) is 18.3 Å². The minimum absolute atomic E-state index is 0.732. The van der Waals surface area contributed by atoms with Gasteiger partial charge in [0.15, 0.2) is 5.11 Å². The number of rotatable bonds is 11. The second kappa shape index (κ2) is 12.7. The molecular weight excluding hydrogens is 434 g/mol. The molecule has 0 amide bonds. The molecule has 0 saturated heterocycles. The van der Waals surface area contributed by atoms with Crippen LogP contribution in [-0.4, -0.2) is 55.3 Å². The Kier molecular flexibility index (Phi) is 10.2. The fourth-order valence-electron chi connectivity index (χ4n) is 2.76. The highest BCUT2D eigenvalue weighted by Gasteiger charge is 2.08. The van der Waals surface area contributed by atoms with Crippen molar-refractivity contribution in [3.63, 3.8) is 0 Å². The fraction of sp³-hybridized carbons (Fsp3) is 0.429. The van der Waals surface area contributed by atoms with Gasteiger partial charge >= 0.3 is 0 Å². The van der Waals surface area contributed by atoms with Gasteiger partial charge in [-0.2, -0.15) is 0 Å². The monoisotopic (exact) mass is 463 g/mol. The van der Waals surface area contributed by atoms with Crippen molar-refractivity contribution in [2.75, 3.05) is 45.2 Å². The van der Waals surface area contributed by atoms with Gasteiger partial charge in [-0.3, -0.25) is 0 Å². The molecule has 1 aromatic carbocycles. The van der Waals surface area contributed by atoms with Gasteiger partial charge in [0.25, 0.3) is 0 Å². The SMILES string of the molecule is CN(C)CCCNC(=S)NCCCN(Cc1ccc(Br)cc1)c1ccccn1. The molecule has 0 aliphatic rings. The van der Waals surface area contributed by atoms with Crippen molar-refractivity contribution in [1.29, 1.82) is 0 Å². The highest BCUT2D eigenvalue weighted by atomic mass is 79.9. The van der Waals surface area contributed by atoms with Gasteiger partial charge in [0.1, 0.15) is 5.82 Å². The smallest absolute Gasteiger partial charge is 0.166 e. The number of halogens is 1. The molecule has 2 aromatic rings. The number of pyridine rings is 1. The third-order valence-electron chi connectivity index (χ3n) is 4.22. The molecule has 5 nitrogen and oxygen atoms in total. The van der Waals surface area contributed by atoms with Crippen LogP contribution in [0.5, 0.6) is 0 Å². The molecule has 7 heteroatoms.